The molecule has 0 radical (unpaired) electrons. The minimum absolute atomic E-state index is 0.0109. The normalized spacial score (nSPS) is 14.2. The number of allylic oxidation sites excluding steroid dienone is 1. The van der Waals surface area contributed by atoms with Gasteiger partial charge in [0.1, 0.15) is 11.6 Å². The molecule has 1 aromatic carbocycles. The van der Waals surface area contributed by atoms with Crippen LogP contribution in [0.1, 0.15) is 18.3 Å². The van der Waals surface area contributed by atoms with E-state index < -0.39 is 29.1 Å². The van der Waals surface area contributed by atoms with E-state index in [1.54, 1.807) is 6.92 Å². The van der Waals surface area contributed by atoms with Gasteiger partial charge in [-0.2, -0.15) is 26.3 Å². The molecule has 0 spiro atoms. The van der Waals surface area contributed by atoms with Crippen LogP contribution in [0.3, 0.4) is 0 Å². The first-order valence-corrected chi connectivity index (χ1v) is 8.63. The second-order valence-electron chi connectivity index (χ2n) is 5.28. The minimum Gasteiger partial charge on any atom is -0.611 e. The summed E-state index contributed by atoms with van der Waals surface area (Å²) in [6.45, 7) is 1.56. The molecule has 1 aromatic heterocycles. The van der Waals surface area contributed by atoms with Crippen LogP contribution < -0.4 is 0 Å². The van der Waals surface area contributed by atoms with Crippen molar-refractivity contribution in [2.45, 2.75) is 24.2 Å². The van der Waals surface area contributed by atoms with E-state index in [2.05, 4.69) is 4.98 Å². The Morgan fingerprint density at radius 3 is 2.38 bits per heavy atom. The van der Waals surface area contributed by atoms with Gasteiger partial charge in [0.25, 0.3) is 0 Å². The number of rotatable bonds is 4. The predicted molar refractivity (Wildman–Crippen MR) is 85.7 cm³/mol. The topological polar surface area (TPSA) is 40.9 Å². The highest BCUT2D eigenvalue weighted by atomic mass is 32.2. The summed E-state index contributed by atoms with van der Waals surface area (Å²) in [7, 11) is 1.43. The molecular weight excluding hydrogens is 382 g/mol. The first-order chi connectivity index (χ1) is 11.9. The Morgan fingerprint density at radius 2 is 1.85 bits per heavy atom. The zero-order valence-electron chi connectivity index (χ0n) is 13.6. The maximum Gasteiger partial charge on any atom is 0.416 e. The van der Waals surface area contributed by atoms with Crippen LogP contribution in [0.4, 0.5) is 26.3 Å². The molecule has 0 aliphatic rings. The molecule has 142 valence electrons. The fourth-order valence-corrected chi connectivity index (χ4v) is 3.24. The number of alkyl halides is 6. The predicted octanol–water partition coefficient (Wildman–Crippen LogP) is 4.81. The number of nitrogens with zero attached hydrogens (tertiary/aromatic N) is 2. The molecule has 1 atom stereocenters. The zero-order valence-corrected chi connectivity index (χ0v) is 14.5. The molecule has 2 rings (SSSR count). The van der Waals surface area contributed by atoms with Crippen molar-refractivity contribution in [1.29, 1.82) is 0 Å². The van der Waals surface area contributed by atoms with Crippen LogP contribution in [-0.2, 0) is 24.4 Å². The van der Waals surface area contributed by atoms with Gasteiger partial charge in [0.05, 0.1) is 23.0 Å². The molecule has 0 amide bonds. The van der Waals surface area contributed by atoms with Crippen molar-refractivity contribution < 1.29 is 30.9 Å². The third-order valence-corrected chi connectivity index (χ3v) is 4.89. The smallest absolute Gasteiger partial charge is 0.416 e. The zero-order chi connectivity index (χ0) is 19.7. The Bertz CT molecular complexity index is 810. The van der Waals surface area contributed by atoms with E-state index in [0.29, 0.717) is 0 Å². The van der Waals surface area contributed by atoms with Gasteiger partial charge in [-0.3, -0.25) is 0 Å². The highest BCUT2D eigenvalue weighted by Gasteiger charge is 2.33. The van der Waals surface area contributed by atoms with Crippen molar-refractivity contribution in [2.24, 2.45) is 7.05 Å². The van der Waals surface area contributed by atoms with Crippen LogP contribution in [0.5, 0.6) is 0 Å². The third kappa shape index (κ3) is 4.61. The molecule has 1 unspecified atom stereocenters. The lowest BCUT2D eigenvalue weighted by atomic mass is 10.1. The average molecular weight is 396 g/mol. The Balaban J connectivity index is 2.55. The van der Waals surface area contributed by atoms with Gasteiger partial charge < -0.3 is 9.12 Å². The quantitative estimate of drug-likeness (QED) is 0.550. The molecule has 3 nitrogen and oxygen atoms in total. The van der Waals surface area contributed by atoms with Crippen molar-refractivity contribution in [3.8, 4) is 11.3 Å². The van der Waals surface area contributed by atoms with Gasteiger partial charge in [0.15, 0.2) is 4.90 Å². The molecule has 0 saturated heterocycles. The summed E-state index contributed by atoms with van der Waals surface area (Å²) >= 11 is -1.70. The Labute approximate surface area is 148 Å². The van der Waals surface area contributed by atoms with Gasteiger partial charge in [0, 0.05) is 19.2 Å². The van der Waals surface area contributed by atoms with Gasteiger partial charge in [-0.15, -0.1) is 0 Å². The van der Waals surface area contributed by atoms with E-state index in [9.17, 15) is 30.9 Å². The van der Waals surface area contributed by atoms with Crippen molar-refractivity contribution >= 4 is 17.3 Å². The number of hydrogen-bond acceptors (Lipinski definition) is 2. The minimum atomic E-state index is -4.60. The summed E-state index contributed by atoms with van der Waals surface area (Å²) in [5.41, 5.74) is -0.463. The van der Waals surface area contributed by atoms with Crippen molar-refractivity contribution in [1.82, 2.24) is 9.55 Å². The number of benzene rings is 1. The first kappa shape index (κ1) is 20.4. The maximum atomic E-state index is 12.9. The van der Waals surface area contributed by atoms with E-state index in [4.69, 9.17) is 0 Å². The largest absolute Gasteiger partial charge is 0.611 e. The van der Waals surface area contributed by atoms with Crippen LogP contribution in [0.15, 0.2) is 35.4 Å². The number of imidazole rings is 1. The summed E-state index contributed by atoms with van der Waals surface area (Å²) in [6, 6.07) is 2.79. The van der Waals surface area contributed by atoms with Crippen LogP contribution in [-0.4, -0.2) is 26.0 Å². The van der Waals surface area contributed by atoms with E-state index in [1.165, 1.54) is 17.8 Å². The van der Waals surface area contributed by atoms with Gasteiger partial charge >= 0.3 is 12.4 Å². The fraction of sp³-hybridized carbons (Fsp3) is 0.312. The second-order valence-corrected chi connectivity index (χ2v) is 6.99. The van der Waals surface area contributed by atoms with E-state index in [1.807, 2.05) is 0 Å². The molecule has 1 heterocycles. The molecule has 0 bridgehead atoms. The van der Waals surface area contributed by atoms with E-state index in [0.717, 1.165) is 24.3 Å². The van der Waals surface area contributed by atoms with Crippen molar-refractivity contribution in [2.75, 3.05) is 5.75 Å². The highest BCUT2D eigenvalue weighted by molar-refractivity contribution is 7.91. The number of aromatic nitrogens is 2. The number of hydrogen-bond donors (Lipinski definition) is 0. The molecule has 26 heavy (non-hydrogen) atoms. The lowest BCUT2D eigenvalue weighted by molar-refractivity contribution is -0.137. The Kier molecular flexibility index (Phi) is 5.76. The molecule has 10 heteroatoms. The van der Waals surface area contributed by atoms with Gasteiger partial charge in [-0.25, -0.2) is 4.98 Å². The summed E-state index contributed by atoms with van der Waals surface area (Å²) in [5, 5.41) is 0. The first-order valence-electron chi connectivity index (χ1n) is 7.31. The molecular formula is C16H14F6N2OS. The monoisotopic (exact) mass is 396 g/mol. The van der Waals surface area contributed by atoms with Crippen LogP contribution in [0, 0.1) is 0 Å². The highest BCUT2D eigenvalue weighted by Crippen LogP contribution is 2.36. The van der Waals surface area contributed by atoms with E-state index >= 15 is 0 Å². The fourth-order valence-electron chi connectivity index (χ4n) is 2.25. The van der Waals surface area contributed by atoms with Gasteiger partial charge in [-0.05, 0) is 36.3 Å². The van der Waals surface area contributed by atoms with Gasteiger partial charge in [0.2, 0.25) is 0 Å². The molecule has 0 aliphatic heterocycles. The summed E-state index contributed by atoms with van der Waals surface area (Å²) in [6.07, 6.45) is -7.12. The summed E-state index contributed by atoms with van der Waals surface area (Å²) < 4.78 is 89.2. The van der Waals surface area contributed by atoms with Crippen LogP contribution >= 0.6 is 0 Å². The summed E-state index contributed by atoms with van der Waals surface area (Å²) in [5.74, 6) is 0.0537. The molecule has 0 saturated carbocycles. The van der Waals surface area contributed by atoms with Crippen LogP contribution in [0.2, 0.25) is 0 Å². The van der Waals surface area contributed by atoms with Gasteiger partial charge in [-0.1, -0.05) is 0 Å². The average Bonchev–Trinajstić information content (AvgIpc) is 2.90. The summed E-state index contributed by atoms with van der Waals surface area (Å²) in [4.78, 5) is 3.80. The second kappa shape index (κ2) is 7.36. The Hall–Kier alpha value is -1.94. The van der Waals surface area contributed by atoms with Crippen LogP contribution in [0.25, 0.3) is 17.3 Å². The lowest BCUT2D eigenvalue weighted by Gasteiger charge is -2.16. The molecule has 0 fully saturated rings. The lowest BCUT2D eigenvalue weighted by Crippen LogP contribution is -2.11. The van der Waals surface area contributed by atoms with Crippen molar-refractivity contribution in [3.05, 3.63) is 41.9 Å². The third-order valence-electron chi connectivity index (χ3n) is 3.54. The SMILES string of the molecule is CC[S+]([O-])c1cc(C(F)(F)F)ccc1-c1cnc(/C=C/C(F)(F)F)n1C. The van der Waals surface area contributed by atoms with E-state index in [-0.39, 0.29) is 33.8 Å². The molecule has 2 aromatic rings. The Morgan fingerprint density at radius 1 is 1.19 bits per heavy atom. The molecule has 0 N–H and O–H groups in total. The maximum absolute atomic E-state index is 12.9. The number of halogens is 6. The standard InChI is InChI=1S/C16H14F6N2OS/c1-3-26(25)13-8-10(16(20,21)22)4-5-11(13)12-9-23-14(24(12)2)6-7-15(17,18)19/h4-9H,3H2,1-2H3/b7-6+. The van der Waals surface area contributed by atoms with Crippen molar-refractivity contribution in [3.63, 3.8) is 0 Å². The molecule has 0 aliphatic carbocycles.